The average Bonchev–Trinajstić information content (AvgIpc) is 2.18. The number of hydrogen-bond donors (Lipinski definition) is 0. The number of carbonyl (C=O) groups excluding carboxylic acids is 1. The lowest BCUT2D eigenvalue weighted by atomic mass is 10.00. The summed E-state index contributed by atoms with van der Waals surface area (Å²) in [7, 11) is 0. The molecule has 0 bridgehead atoms. The molecule has 0 unspecified atom stereocenters. The highest BCUT2D eigenvalue weighted by molar-refractivity contribution is 6.05. The molecule has 0 radical (unpaired) electrons. The maximum Gasteiger partial charge on any atom is 0.185 e. The van der Waals surface area contributed by atoms with Crippen molar-refractivity contribution in [2.45, 2.75) is 27.2 Å². The van der Waals surface area contributed by atoms with Crippen molar-refractivity contribution in [2.24, 2.45) is 0 Å². The van der Waals surface area contributed by atoms with Gasteiger partial charge >= 0.3 is 0 Å². The first-order valence-corrected chi connectivity index (χ1v) is 4.94. The summed E-state index contributed by atoms with van der Waals surface area (Å²) < 4.78 is 0. The fourth-order valence-corrected chi connectivity index (χ4v) is 1.33. The molecule has 0 saturated heterocycles. The Morgan fingerprint density at radius 2 is 2.07 bits per heavy atom. The molecule has 1 heteroatoms. The van der Waals surface area contributed by atoms with Crippen molar-refractivity contribution < 1.29 is 4.79 Å². The maximum absolute atomic E-state index is 11.7. The highest BCUT2D eigenvalue weighted by Crippen LogP contribution is 2.13. The van der Waals surface area contributed by atoms with E-state index in [0.717, 1.165) is 17.5 Å². The minimum Gasteiger partial charge on any atom is -0.289 e. The summed E-state index contributed by atoms with van der Waals surface area (Å²) in [4.78, 5) is 11.7. The van der Waals surface area contributed by atoms with Gasteiger partial charge < -0.3 is 0 Å². The predicted molar refractivity (Wildman–Crippen MR) is 59.7 cm³/mol. The van der Waals surface area contributed by atoms with Crippen molar-refractivity contribution >= 4 is 5.78 Å². The topological polar surface area (TPSA) is 17.1 Å². The van der Waals surface area contributed by atoms with Crippen molar-refractivity contribution in [2.75, 3.05) is 0 Å². The summed E-state index contributed by atoms with van der Waals surface area (Å²) in [5, 5.41) is 0. The van der Waals surface area contributed by atoms with E-state index in [-0.39, 0.29) is 5.78 Å². The van der Waals surface area contributed by atoms with Crippen LogP contribution in [0.3, 0.4) is 0 Å². The predicted octanol–water partition coefficient (Wildman–Crippen LogP) is 3.45. The Balaban J connectivity index is 3.01. The van der Waals surface area contributed by atoms with E-state index in [2.05, 4.69) is 0 Å². The third kappa shape index (κ3) is 2.32. The molecule has 0 atom stereocenters. The molecule has 0 fully saturated rings. The first-order chi connectivity index (χ1) is 6.66. The van der Waals surface area contributed by atoms with E-state index in [1.54, 1.807) is 6.08 Å². The highest BCUT2D eigenvalue weighted by atomic mass is 16.1. The molecular weight excluding hydrogens is 172 g/mol. The van der Waals surface area contributed by atoms with Crippen molar-refractivity contribution in [3.8, 4) is 0 Å². The van der Waals surface area contributed by atoms with E-state index in [9.17, 15) is 4.79 Å². The SMILES string of the molecule is CC/C=C/C(=O)c1cccc(C)c1C. The third-order valence-corrected chi connectivity index (χ3v) is 2.38. The van der Waals surface area contributed by atoms with Crippen LogP contribution in [-0.4, -0.2) is 5.78 Å². The zero-order valence-electron chi connectivity index (χ0n) is 9.00. The van der Waals surface area contributed by atoms with Gasteiger partial charge in [-0.2, -0.15) is 0 Å². The smallest absolute Gasteiger partial charge is 0.185 e. The third-order valence-electron chi connectivity index (χ3n) is 2.38. The largest absolute Gasteiger partial charge is 0.289 e. The van der Waals surface area contributed by atoms with Gasteiger partial charge in [-0.1, -0.05) is 31.2 Å². The molecule has 0 aliphatic carbocycles. The Hall–Kier alpha value is -1.37. The van der Waals surface area contributed by atoms with Crippen molar-refractivity contribution in [3.05, 3.63) is 47.0 Å². The minimum atomic E-state index is 0.105. The number of hydrogen-bond acceptors (Lipinski definition) is 1. The molecule has 0 spiro atoms. The second kappa shape index (κ2) is 4.75. The van der Waals surface area contributed by atoms with E-state index >= 15 is 0 Å². The molecule has 14 heavy (non-hydrogen) atoms. The van der Waals surface area contributed by atoms with E-state index in [0.29, 0.717) is 0 Å². The molecule has 1 aromatic rings. The fraction of sp³-hybridized carbons (Fsp3) is 0.308. The molecular formula is C13H16O. The van der Waals surface area contributed by atoms with Gasteiger partial charge in [-0.15, -0.1) is 0 Å². The van der Waals surface area contributed by atoms with Gasteiger partial charge in [0.05, 0.1) is 0 Å². The monoisotopic (exact) mass is 188 g/mol. The van der Waals surface area contributed by atoms with E-state index < -0.39 is 0 Å². The summed E-state index contributed by atoms with van der Waals surface area (Å²) in [5.41, 5.74) is 3.06. The Kier molecular flexibility index (Phi) is 3.63. The van der Waals surface area contributed by atoms with Crippen LogP contribution < -0.4 is 0 Å². The minimum absolute atomic E-state index is 0.105. The molecule has 0 aliphatic heterocycles. The van der Waals surface area contributed by atoms with Gasteiger partial charge in [0.1, 0.15) is 0 Å². The lowest BCUT2D eigenvalue weighted by Crippen LogP contribution is -1.99. The van der Waals surface area contributed by atoms with Gasteiger partial charge in [0.15, 0.2) is 5.78 Å². The first kappa shape index (κ1) is 10.7. The fourth-order valence-electron chi connectivity index (χ4n) is 1.33. The standard InChI is InChI=1S/C13H16O/c1-4-5-9-13(14)12-8-6-7-10(2)11(12)3/h5-9H,4H2,1-3H3/b9-5+. The number of rotatable bonds is 3. The molecule has 1 nitrogen and oxygen atoms in total. The number of allylic oxidation sites excluding steroid dienone is 2. The van der Waals surface area contributed by atoms with Crippen molar-refractivity contribution in [1.82, 2.24) is 0 Å². The van der Waals surface area contributed by atoms with E-state index in [1.807, 2.05) is 45.0 Å². The zero-order valence-corrected chi connectivity index (χ0v) is 9.00. The summed E-state index contributed by atoms with van der Waals surface area (Å²) in [5.74, 6) is 0.105. The van der Waals surface area contributed by atoms with Gasteiger partial charge in [-0.3, -0.25) is 4.79 Å². The second-order valence-corrected chi connectivity index (χ2v) is 3.42. The molecule has 0 N–H and O–H groups in total. The first-order valence-electron chi connectivity index (χ1n) is 4.94. The summed E-state index contributed by atoms with van der Waals surface area (Å²) >= 11 is 0. The lowest BCUT2D eigenvalue weighted by molar-refractivity contribution is 0.104. The van der Waals surface area contributed by atoms with Gasteiger partial charge in [0.25, 0.3) is 0 Å². The van der Waals surface area contributed by atoms with Gasteiger partial charge in [0.2, 0.25) is 0 Å². The normalized spacial score (nSPS) is 10.8. The Morgan fingerprint density at radius 1 is 1.36 bits per heavy atom. The quantitative estimate of drug-likeness (QED) is 0.524. The van der Waals surface area contributed by atoms with Crippen LogP contribution in [0.1, 0.15) is 34.8 Å². The highest BCUT2D eigenvalue weighted by Gasteiger charge is 2.05. The zero-order chi connectivity index (χ0) is 10.6. The van der Waals surface area contributed by atoms with Crippen LogP contribution >= 0.6 is 0 Å². The average molecular weight is 188 g/mol. The molecule has 1 aromatic carbocycles. The van der Waals surface area contributed by atoms with Gasteiger partial charge in [0, 0.05) is 5.56 Å². The molecule has 0 heterocycles. The maximum atomic E-state index is 11.7. The van der Waals surface area contributed by atoms with Crippen molar-refractivity contribution in [1.29, 1.82) is 0 Å². The lowest BCUT2D eigenvalue weighted by Gasteiger charge is -2.04. The Labute approximate surface area is 85.5 Å². The van der Waals surface area contributed by atoms with Crippen LogP contribution in [0.2, 0.25) is 0 Å². The number of aryl methyl sites for hydroxylation is 1. The van der Waals surface area contributed by atoms with Crippen LogP contribution in [0.15, 0.2) is 30.4 Å². The van der Waals surface area contributed by atoms with Crippen LogP contribution in [0, 0.1) is 13.8 Å². The van der Waals surface area contributed by atoms with E-state index in [1.165, 1.54) is 5.56 Å². The number of ketones is 1. The molecule has 1 rings (SSSR count). The Bertz CT molecular complexity index is 361. The molecule has 0 aromatic heterocycles. The summed E-state index contributed by atoms with van der Waals surface area (Å²) in [6.07, 6.45) is 4.45. The van der Waals surface area contributed by atoms with Crippen LogP contribution in [0.4, 0.5) is 0 Å². The number of benzene rings is 1. The van der Waals surface area contributed by atoms with Crippen molar-refractivity contribution in [3.63, 3.8) is 0 Å². The molecule has 0 saturated carbocycles. The second-order valence-electron chi connectivity index (χ2n) is 3.42. The van der Waals surface area contributed by atoms with Gasteiger partial charge in [-0.25, -0.2) is 0 Å². The molecule has 0 aliphatic rings. The van der Waals surface area contributed by atoms with Gasteiger partial charge in [-0.05, 0) is 37.5 Å². The van der Waals surface area contributed by atoms with Crippen LogP contribution in [-0.2, 0) is 0 Å². The number of carbonyl (C=O) groups is 1. The molecule has 74 valence electrons. The van der Waals surface area contributed by atoms with Crippen LogP contribution in [0.25, 0.3) is 0 Å². The molecule has 0 amide bonds. The van der Waals surface area contributed by atoms with E-state index in [4.69, 9.17) is 0 Å². The van der Waals surface area contributed by atoms with Crippen LogP contribution in [0.5, 0.6) is 0 Å². The summed E-state index contributed by atoms with van der Waals surface area (Å²) in [6.45, 7) is 6.03. The Morgan fingerprint density at radius 3 is 2.71 bits per heavy atom. The summed E-state index contributed by atoms with van der Waals surface area (Å²) in [6, 6.07) is 5.83.